The van der Waals surface area contributed by atoms with E-state index in [1.54, 1.807) is 6.07 Å². The van der Waals surface area contributed by atoms with Crippen molar-refractivity contribution in [1.29, 1.82) is 0 Å². The van der Waals surface area contributed by atoms with E-state index >= 15 is 0 Å². The Hall–Kier alpha value is -0.990. The normalized spacial score (nSPS) is 32.9. The van der Waals surface area contributed by atoms with Crippen molar-refractivity contribution in [2.45, 2.75) is 57.3 Å². The van der Waals surface area contributed by atoms with Gasteiger partial charge in [0.05, 0.1) is 6.67 Å². The van der Waals surface area contributed by atoms with Gasteiger partial charge in [-0.3, -0.25) is 4.39 Å². The molecule has 1 aromatic carbocycles. The topological polar surface area (TPSA) is 0 Å². The monoisotopic (exact) mass is 310 g/mol. The summed E-state index contributed by atoms with van der Waals surface area (Å²) in [4.78, 5) is 0. The Morgan fingerprint density at radius 2 is 1.36 bits per heavy atom. The molecule has 122 valence electrons. The van der Waals surface area contributed by atoms with Crippen molar-refractivity contribution in [2.75, 3.05) is 6.67 Å². The third kappa shape index (κ3) is 3.49. The zero-order valence-corrected chi connectivity index (χ0v) is 13.0. The molecule has 0 bridgehead atoms. The minimum atomic E-state index is -0.762. The van der Waals surface area contributed by atoms with Crippen LogP contribution in [-0.2, 0) is 0 Å². The molecule has 0 radical (unpaired) electrons. The van der Waals surface area contributed by atoms with Crippen molar-refractivity contribution in [3.63, 3.8) is 0 Å². The van der Waals surface area contributed by atoms with Gasteiger partial charge in [0.25, 0.3) is 0 Å². The Morgan fingerprint density at radius 3 is 1.91 bits per heavy atom. The van der Waals surface area contributed by atoms with E-state index in [0.717, 1.165) is 43.1 Å². The van der Waals surface area contributed by atoms with Crippen LogP contribution in [0.4, 0.5) is 13.2 Å². The summed E-state index contributed by atoms with van der Waals surface area (Å²) in [6.07, 6.45) is 8.93. The smallest absolute Gasteiger partial charge is 0.159 e. The first-order valence-electron chi connectivity index (χ1n) is 8.68. The van der Waals surface area contributed by atoms with Gasteiger partial charge in [0.15, 0.2) is 11.6 Å². The van der Waals surface area contributed by atoms with E-state index in [1.165, 1.54) is 37.8 Å². The first kappa shape index (κ1) is 15.9. The molecule has 1 aromatic rings. The second kappa shape index (κ2) is 7.06. The van der Waals surface area contributed by atoms with E-state index in [4.69, 9.17) is 0 Å². The molecule has 0 spiro atoms. The molecule has 0 atom stereocenters. The molecule has 2 saturated carbocycles. The molecular formula is C19H25F3. The minimum absolute atomic E-state index is 0.157. The summed E-state index contributed by atoms with van der Waals surface area (Å²) in [7, 11) is 0. The molecule has 0 amide bonds. The summed E-state index contributed by atoms with van der Waals surface area (Å²) in [6, 6.07) is 4.34. The lowest BCUT2D eigenvalue weighted by atomic mass is 9.68. The fourth-order valence-electron chi connectivity index (χ4n) is 4.50. The molecule has 0 N–H and O–H groups in total. The van der Waals surface area contributed by atoms with Crippen LogP contribution in [0, 0.1) is 29.4 Å². The number of hydrogen-bond acceptors (Lipinski definition) is 0. The van der Waals surface area contributed by atoms with E-state index in [1.807, 2.05) is 0 Å². The first-order chi connectivity index (χ1) is 10.7. The summed E-state index contributed by atoms with van der Waals surface area (Å²) in [6.45, 7) is -0.157. The van der Waals surface area contributed by atoms with E-state index in [2.05, 4.69) is 0 Å². The highest BCUT2D eigenvalue weighted by Crippen LogP contribution is 2.44. The lowest BCUT2D eigenvalue weighted by molar-refractivity contribution is 0.148. The Labute approximate surface area is 131 Å². The number of benzene rings is 1. The number of rotatable bonds is 3. The second-order valence-corrected chi connectivity index (χ2v) is 7.22. The van der Waals surface area contributed by atoms with Crippen molar-refractivity contribution < 1.29 is 13.2 Å². The van der Waals surface area contributed by atoms with Crippen LogP contribution in [0.15, 0.2) is 18.2 Å². The van der Waals surface area contributed by atoms with Crippen LogP contribution >= 0.6 is 0 Å². The highest BCUT2D eigenvalue weighted by atomic mass is 19.2. The van der Waals surface area contributed by atoms with Gasteiger partial charge in [-0.25, -0.2) is 8.78 Å². The molecule has 0 aliphatic heterocycles. The second-order valence-electron chi connectivity index (χ2n) is 7.22. The Kier molecular flexibility index (Phi) is 5.10. The summed E-state index contributed by atoms with van der Waals surface area (Å²) in [5, 5.41) is 0. The number of hydrogen-bond donors (Lipinski definition) is 0. The molecule has 2 aliphatic rings. The van der Waals surface area contributed by atoms with E-state index in [-0.39, 0.29) is 6.67 Å². The number of halogens is 3. The lowest BCUT2D eigenvalue weighted by Gasteiger charge is -2.37. The molecular weight excluding hydrogens is 285 g/mol. The first-order valence-corrected chi connectivity index (χ1v) is 8.68. The van der Waals surface area contributed by atoms with Gasteiger partial charge >= 0.3 is 0 Å². The van der Waals surface area contributed by atoms with Gasteiger partial charge in [-0.15, -0.1) is 0 Å². The standard InChI is InChI=1S/C19H25F3/c20-12-13-1-3-14(4-2-13)15-5-7-16(8-6-15)17-9-10-18(21)19(22)11-17/h9-11,13-16H,1-8,12H2. The van der Waals surface area contributed by atoms with Gasteiger partial charge in [-0.1, -0.05) is 6.07 Å². The SMILES string of the molecule is FCC1CCC(C2CCC(c3ccc(F)c(F)c3)CC2)CC1. The molecule has 3 rings (SSSR count). The highest BCUT2D eigenvalue weighted by Gasteiger charge is 2.31. The third-order valence-corrected chi connectivity index (χ3v) is 5.96. The fraction of sp³-hybridized carbons (Fsp3) is 0.684. The van der Waals surface area contributed by atoms with Crippen LogP contribution in [0.5, 0.6) is 0 Å². The molecule has 0 heterocycles. The minimum Gasteiger partial charge on any atom is -0.251 e. The zero-order valence-electron chi connectivity index (χ0n) is 13.0. The van der Waals surface area contributed by atoms with Crippen LogP contribution in [0.2, 0.25) is 0 Å². The van der Waals surface area contributed by atoms with E-state index in [0.29, 0.717) is 11.8 Å². The molecule has 0 unspecified atom stereocenters. The Balaban J connectivity index is 1.53. The van der Waals surface area contributed by atoms with Gasteiger partial charge < -0.3 is 0 Å². The Bertz CT molecular complexity index is 483. The van der Waals surface area contributed by atoms with Gasteiger partial charge in [0.1, 0.15) is 0 Å². The van der Waals surface area contributed by atoms with Crippen molar-refractivity contribution in [3.8, 4) is 0 Å². The van der Waals surface area contributed by atoms with Crippen LogP contribution in [0.1, 0.15) is 62.8 Å². The summed E-state index contributed by atoms with van der Waals surface area (Å²) >= 11 is 0. The van der Waals surface area contributed by atoms with E-state index < -0.39 is 11.6 Å². The van der Waals surface area contributed by atoms with Crippen LogP contribution < -0.4 is 0 Å². The van der Waals surface area contributed by atoms with Gasteiger partial charge in [-0.05, 0) is 92.7 Å². The van der Waals surface area contributed by atoms with Crippen molar-refractivity contribution >= 4 is 0 Å². The van der Waals surface area contributed by atoms with Crippen molar-refractivity contribution in [2.24, 2.45) is 17.8 Å². The maximum atomic E-state index is 13.4. The quantitative estimate of drug-likeness (QED) is 0.641. The van der Waals surface area contributed by atoms with Crippen molar-refractivity contribution in [1.82, 2.24) is 0 Å². The molecule has 22 heavy (non-hydrogen) atoms. The van der Waals surface area contributed by atoms with Gasteiger partial charge in [0, 0.05) is 0 Å². The maximum Gasteiger partial charge on any atom is 0.159 e. The molecule has 0 aromatic heterocycles. The molecule has 2 fully saturated rings. The molecule has 0 saturated heterocycles. The van der Waals surface area contributed by atoms with Crippen molar-refractivity contribution in [3.05, 3.63) is 35.4 Å². The predicted octanol–water partition coefficient (Wildman–Crippen LogP) is 6.01. The van der Waals surface area contributed by atoms with Crippen LogP contribution in [0.25, 0.3) is 0 Å². The van der Waals surface area contributed by atoms with E-state index in [9.17, 15) is 13.2 Å². The summed E-state index contributed by atoms with van der Waals surface area (Å²) in [5.41, 5.74) is 0.943. The molecule has 2 aliphatic carbocycles. The third-order valence-electron chi connectivity index (χ3n) is 5.96. The molecule has 3 heteroatoms. The fourth-order valence-corrected chi connectivity index (χ4v) is 4.50. The summed E-state index contributed by atoms with van der Waals surface area (Å²) in [5.74, 6) is 0.686. The summed E-state index contributed by atoms with van der Waals surface area (Å²) < 4.78 is 39.1. The molecule has 0 nitrogen and oxygen atoms in total. The average Bonchev–Trinajstić information content (AvgIpc) is 2.58. The van der Waals surface area contributed by atoms with Crippen LogP contribution in [-0.4, -0.2) is 6.67 Å². The lowest BCUT2D eigenvalue weighted by Crippen LogP contribution is -2.26. The van der Waals surface area contributed by atoms with Gasteiger partial charge in [-0.2, -0.15) is 0 Å². The predicted molar refractivity (Wildman–Crippen MR) is 82.5 cm³/mol. The largest absolute Gasteiger partial charge is 0.251 e. The zero-order chi connectivity index (χ0) is 15.5. The maximum absolute atomic E-state index is 13.4. The average molecular weight is 310 g/mol. The van der Waals surface area contributed by atoms with Crippen LogP contribution in [0.3, 0.4) is 0 Å². The Morgan fingerprint density at radius 1 is 0.773 bits per heavy atom. The highest BCUT2D eigenvalue weighted by molar-refractivity contribution is 5.22. The number of alkyl halides is 1. The van der Waals surface area contributed by atoms with Gasteiger partial charge in [0.2, 0.25) is 0 Å².